The highest BCUT2D eigenvalue weighted by Crippen LogP contribution is 2.32. The van der Waals surface area contributed by atoms with E-state index in [-0.39, 0.29) is 5.91 Å². The van der Waals surface area contributed by atoms with Gasteiger partial charge in [-0.3, -0.25) is 4.79 Å². The third-order valence-corrected chi connectivity index (χ3v) is 4.04. The first-order valence-electron chi connectivity index (χ1n) is 6.63. The molecule has 5 N–H and O–H groups in total. The van der Waals surface area contributed by atoms with Crippen molar-refractivity contribution < 1.29 is 9.59 Å². The lowest BCUT2D eigenvalue weighted by atomic mass is 9.76. The molecule has 1 saturated carbocycles. The molecule has 18 heavy (non-hydrogen) atoms. The monoisotopic (exact) mass is 254 g/mol. The Balaban J connectivity index is 1.86. The van der Waals surface area contributed by atoms with Crippen LogP contribution in [-0.2, 0) is 4.79 Å². The van der Waals surface area contributed by atoms with Crippen molar-refractivity contribution >= 4 is 11.9 Å². The number of hydrogen-bond donors (Lipinski definition) is 3. The summed E-state index contributed by atoms with van der Waals surface area (Å²) in [6.45, 7) is 2.00. The summed E-state index contributed by atoms with van der Waals surface area (Å²) in [5.74, 6) is 0.372. The van der Waals surface area contributed by atoms with Gasteiger partial charge in [-0.1, -0.05) is 0 Å². The Morgan fingerprint density at radius 1 is 1.33 bits per heavy atom. The van der Waals surface area contributed by atoms with Gasteiger partial charge in [0.1, 0.15) is 0 Å². The van der Waals surface area contributed by atoms with Crippen LogP contribution in [0.4, 0.5) is 4.79 Å². The quantitative estimate of drug-likeness (QED) is 0.648. The van der Waals surface area contributed by atoms with E-state index in [9.17, 15) is 9.59 Å². The van der Waals surface area contributed by atoms with E-state index in [1.54, 1.807) is 0 Å². The molecule has 1 saturated heterocycles. The van der Waals surface area contributed by atoms with Gasteiger partial charge in [0.15, 0.2) is 0 Å². The number of rotatable bonds is 3. The Morgan fingerprint density at radius 3 is 2.61 bits per heavy atom. The number of hydrogen-bond acceptors (Lipinski definition) is 3. The average molecular weight is 254 g/mol. The van der Waals surface area contributed by atoms with Crippen molar-refractivity contribution in [3.05, 3.63) is 0 Å². The molecule has 0 aromatic rings. The van der Waals surface area contributed by atoms with E-state index in [0.29, 0.717) is 19.0 Å². The zero-order valence-electron chi connectivity index (χ0n) is 10.7. The number of urea groups is 1. The molecular formula is C12H22N4O2. The van der Waals surface area contributed by atoms with Crippen LogP contribution in [0, 0.1) is 5.92 Å². The molecule has 0 aromatic heterocycles. The standard InChI is InChI=1S/C12H22N4O2/c13-11(18)15-7-9-3-1-6-16(8-9)10(17)12(14)4-2-5-12/h9H,1-8,14H2,(H3,13,15,18). The molecule has 6 heteroatoms. The summed E-state index contributed by atoms with van der Waals surface area (Å²) in [7, 11) is 0. The van der Waals surface area contributed by atoms with E-state index < -0.39 is 11.6 Å². The van der Waals surface area contributed by atoms with Gasteiger partial charge in [-0.2, -0.15) is 0 Å². The van der Waals surface area contributed by atoms with Crippen molar-refractivity contribution in [3.63, 3.8) is 0 Å². The number of likely N-dealkylation sites (tertiary alicyclic amines) is 1. The SMILES string of the molecule is NC(=O)NCC1CCCN(C(=O)C2(N)CCC2)C1. The van der Waals surface area contributed by atoms with Gasteiger partial charge in [0.25, 0.3) is 0 Å². The first-order chi connectivity index (χ1) is 8.51. The van der Waals surface area contributed by atoms with Crippen molar-refractivity contribution in [2.24, 2.45) is 17.4 Å². The molecule has 1 heterocycles. The van der Waals surface area contributed by atoms with Gasteiger partial charge in [0.2, 0.25) is 5.91 Å². The number of piperidine rings is 1. The fourth-order valence-corrected chi connectivity index (χ4v) is 2.75. The molecule has 1 unspecified atom stereocenters. The number of amides is 3. The van der Waals surface area contributed by atoms with Crippen molar-refractivity contribution in [2.45, 2.75) is 37.6 Å². The Labute approximate surface area is 107 Å². The van der Waals surface area contributed by atoms with Gasteiger partial charge in [-0.25, -0.2) is 4.79 Å². The molecule has 2 rings (SSSR count). The van der Waals surface area contributed by atoms with E-state index in [4.69, 9.17) is 11.5 Å². The zero-order valence-corrected chi connectivity index (χ0v) is 10.7. The molecule has 0 spiro atoms. The largest absolute Gasteiger partial charge is 0.352 e. The summed E-state index contributed by atoms with van der Waals surface area (Å²) in [5.41, 5.74) is 10.5. The summed E-state index contributed by atoms with van der Waals surface area (Å²) in [4.78, 5) is 24.8. The maximum atomic E-state index is 12.3. The molecule has 102 valence electrons. The number of carbonyl (C=O) groups is 2. The van der Waals surface area contributed by atoms with Crippen molar-refractivity contribution in [2.75, 3.05) is 19.6 Å². The van der Waals surface area contributed by atoms with E-state index in [2.05, 4.69) is 5.32 Å². The summed E-state index contributed by atoms with van der Waals surface area (Å²) in [5, 5.41) is 2.61. The summed E-state index contributed by atoms with van der Waals surface area (Å²) in [6.07, 6.45) is 4.62. The highest BCUT2D eigenvalue weighted by Gasteiger charge is 2.43. The molecule has 1 aliphatic heterocycles. The number of nitrogens with two attached hydrogens (primary N) is 2. The van der Waals surface area contributed by atoms with Crippen LogP contribution in [0.1, 0.15) is 32.1 Å². The molecule has 2 fully saturated rings. The predicted molar refractivity (Wildman–Crippen MR) is 67.7 cm³/mol. The minimum atomic E-state index is -0.612. The van der Waals surface area contributed by atoms with E-state index in [1.807, 2.05) is 4.90 Å². The minimum absolute atomic E-state index is 0.0810. The van der Waals surface area contributed by atoms with Crippen LogP contribution in [0.15, 0.2) is 0 Å². The second-order valence-corrected chi connectivity index (χ2v) is 5.51. The molecule has 0 radical (unpaired) electrons. The third kappa shape index (κ3) is 2.75. The first-order valence-corrected chi connectivity index (χ1v) is 6.63. The Hall–Kier alpha value is -1.30. The average Bonchev–Trinajstić information content (AvgIpc) is 2.33. The van der Waals surface area contributed by atoms with Crippen LogP contribution >= 0.6 is 0 Å². The van der Waals surface area contributed by atoms with Gasteiger partial charge < -0.3 is 21.7 Å². The van der Waals surface area contributed by atoms with E-state index in [0.717, 1.165) is 38.6 Å². The van der Waals surface area contributed by atoms with Crippen molar-refractivity contribution in [1.29, 1.82) is 0 Å². The first kappa shape index (κ1) is 13.1. The lowest BCUT2D eigenvalue weighted by Gasteiger charge is -2.43. The number of nitrogens with one attached hydrogen (secondary N) is 1. The number of nitrogens with zero attached hydrogens (tertiary/aromatic N) is 1. The lowest BCUT2D eigenvalue weighted by molar-refractivity contribution is -0.142. The van der Waals surface area contributed by atoms with E-state index >= 15 is 0 Å². The molecule has 2 aliphatic rings. The Bertz CT molecular complexity index is 341. The van der Waals surface area contributed by atoms with Crippen molar-refractivity contribution in [1.82, 2.24) is 10.2 Å². The second kappa shape index (κ2) is 5.14. The molecule has 1 atom stereocenters. The van der Waals surface area contributed by atoms with Gasteiger partial charge in [-0.15, -0.1) is 0 Å². The molecular weight excluding hydrogens is 232 g/mol. The summed E-state index contributed by atoms with van der Waals surface area (Å²) >= 11 is 0. The van der Waals surface area contributed by atoms with Crippen LogP contribution < -0.4 is 16.8 Å². The highest BCUT2D eigenvalue weighted by atomic mass is 16.2. The van der Waals surface area contributed by atoms with Crippen LogP contribution in [-0.4, -0.2) is 42.0 Å². The van der Waals surface area contributed by atoms with Gasteiger partial charge in [-0.05, 0) is 38.0 Å². The lowest BCUT2D eigenvalue weighted by Crippen LogP contribution is -2.61. The Kier molecular flexibility index (Phi) is 3.75. The molecule has 1 aliphatic carbocycles. The van der Waals surface area contributed by atoms with Gasteiger partial charge in [0.05, 0.1) is 5.54 Å². The second-order valence-electron chi connectivity index (χ2n) is 5.51. The van der Waals surface area contributed by atoms with E-state index in [1.165, 1.54) is 0 Å². The third-order valence-electron chi connectivity index (χ3n) is 4.04. The van der Waals surface area contributed by atoms with Gasteiger partial charge in [0, 0.05) is 19.6 Å². The maximum absolute atomic E-state index is 12.3. The fourth-order valence-electron chi connectivity index (χ4n) is 2.75. The van der Waals surface area contributed by atoms with Crippen LogP contribution in [0.25, 0.3) is 0 Å². The predicted octanol–water partition coefficient (Wildman–Crippen LogP) is -0.225. The topological polar surface area (TPSA) is 101 Å². The molecule has 6 nitrogen and oxygen atoms in total. The molecule has 0 bridgehead atoms. The van der Waals surface area contributed by atoms with Crippen LogP contribution in [0.3, 0.4) is 0 Å². The summed E-state index contributed by atoms with van der Waals surface area (Å²) in [6, 6.07) is -0.507. The highest BCUT2D eigenvalue weighted by molar-refractivity contribution is 5.87. The minimum Gasteiger partial charge on any atom is -0.352 e. The molecule has 0 aromatic carbocycles. The maximum Gasteiger partial charge on any atom is 0.312 e. The zero-order chi connectivity index (χ0) is 13.2. The normalized spacial score (nSPS) is 26.3. The summed E-state index contributed by atoms with van der Waals surface area (Å²) < 4.78 is 0. The van der Waals surface area contributed by atoms with Gasteiger partial charge >= 0.3 is 6.03 Å². The number of carbonyl (C=O) groups excluding carboxylic acids is 2. The Morgan fingerprint density at radius 2 is 2.06 bits per heavy atom. The van der Waals surface area contributed by atoms with Crippen molar-refractivity contribution in [3.8, 4) is 0 Å². The smallest absolute Gasteiger partial charge is 0.312 e. The fraction of sp³-hybridized carbons (Fsp3) is 0.833. The molecule has 3 amide bonds. The number of primary amides is 1. The van der Waals surface area contributed by atoms with Crippen LogP contribution in [0.5, 0.6) is 0 Å². The van der Waals surface area contributed by atoms with Crippen LogP contribution in [0.2, 0.25) is 0 Å².